The van der Waals surface area contributed by atoms with Gasteiger partial charge in [-0.2, -0.15) is 4.98 Å². The molecule has 3 aromatic rings. The Morgan fingerprint density at radius 1 is 1.00 bits per heavy atom. The topological polar surface area (TPSA) is 108 Å². The van der Waals surface area contributed by atoms with Crippen LogP contribution in [-0.4, -0.2) is 64.6 Å². The Hall–Kier alpha value is -3.92. The van der Waals surface area contributed by atoms with E-state index in [1.807, 2.05) is 6.92 Å². The molecule has 0 radical (unpaired) electrons. The molecule has 0 unspecified atom stereocenters. The summed E-state index contributed by atoms with van der Waals surface area (Å²) in [6.07, 6.45) is 1.76. The summed E-state index contributed by atoms with van der Waals surface area (Å²) in [5.74, 6) is 2.31. The van der Waals surface area contributed by atoms with Crippen molar-refractivity contribution < 1.29 is 9.53 Å². The van der Waals surface area contributed by atoms with Gasteiger partial charge < -0.3 is 30.5 Å². The molecule has 0 bridgehead atoms. The first-order chi connectivity index (χ1) is 17.2. The fraction of sp³-hybridized carbons (Fsp3) is 0.385. The van der Waals surface area contributed by atoms with E-state index in [1.54, 1.807) is 32.2 Å². The van der Waals surface area contributed by atoms with Crippen LogP contribution in [0.3, 0.4) is 0 Å². The maximum Gasteiger partial charge on any atom is 0.269 e. The summed E-state index contributed by atoms with van der Waals surface area (Å²) < 4.78 is 5.76. The number of hydrogen-bond acceptors (Lipinski definition) is 9. The molecule has 3 N–H and O–H groups in total. The first-order valence-electron chi connectivity index (χ1n) is 12.1. The van der Waals surface area contributed by atoms with Gasteiger partial charge in [0, 0.05) is 49.3 Å². The van der Waals surface area contributed by atoms with E-state index in [9.17, 15) is 4.79 Å². The summed E-state index contributed by atoms with van der Waals surface area (Å²) in [7, 11) is 2.16. The van der Waals surface area contributed by atoms with Gasteiger partial charge in [0.25, 0.3) is 5.91 Å². The van der Waals surface area contributed by atoms with Crippen LogP contribution < -0.4 is 25.6 Å². The van der Waals surface area contributed by atoms with Gasteiger partial charge in [0.05, 0.1) is 0 Å². The summed E-state index contributed by atoms with van der Waals surface area (Å²) in [5, 5.41) is 9.35. The SMILES string of the molecule is Cc1cc(Nc2ncc(C)c(Nc3ccc4c(n3)NC(=O)C(C)(C)O4)n2)ccc1N1CCN(C)CC1. The Kier molecular flexibility index (Phi) is 6.13. The first-order valence-corrected chi connectivity index (χ1v) is 12.1. The number of piperazine rings is 1. The van der Waals surface area contributed by atoms with Crippen LogP contribution in [0.15, 0.2) is 36.5 Å². The Balaban J connectivity index is 1.31. The number of amides is 1. The van der Waals surface area contributed by atoms with Gasteiger partial charge in [-0.15, -0.1) is 0 Å². The highest BCUT2D eigenvalue weighted by Gasteiger charge is 2.36. The molecular formula is C26H32N8O2. The zero-order valence-corrected chi connectivity index (χ0v) is 21.3. The van der Waals surface area contributed by atoms with E-state index in [4.69, 9.17) is 4.74 Å². The van der Waals surface area contributed by atoms with Crippen molar-refractivity contribution in [3.05, 3.63) is 47.7 Å². The van der Waals surface area contributed by atoms with E-state index in [-0.39, 0.29) is 5.91 Å². The number of nitrogens with one attached hydrogen (secondary N) is 3. The maximum atomic E-state index is 12.2. The molecule has 2 aromatic heterocycles. The normalized spacial score (nSPS) is 17.1. The molecule has 0 spiro atoms. The molecule has 4 heterocycles. The fourth-order valence-electron chi connectivity index (χ4n) is 4.28. The van der Waals surface area contributed by atoms with Gasteiger partial charge in [-0.25, -0.2) is 9.97 Å². The minimum atomic E-state index is -0.936. The zero-order chi connectivity index (χ0) is 25.4. The van der Waals surface area contributed by atoms with Gasteiger partial charge in [-0.1, -0.05) is 0 Å². The standard InChI is InChI=1S/C26H32N8O2/c1-16-14-18(6-7-19(16)34-12-10-33(5)11-13-34)28-25-27-15-17(2)22(32-25)29-21-9-8-20-23(30-21)31-24(35)26(3,4)36-20/h6-9,14-15H,10-13H2,1-5H3,(H3,27,28,29,30,31,32,35). The number of carbonyl (C=O) groups excluding carboxylic acids is 1. The van der Waals surface area contributed by atoms with Gasteiger partial charge in [-0.05, 0) is 70.6 Å². The van der Waals surface area contributed by atoms with Crippen molar-refractivity contribution in [1.82, 2.24) is 19.9 Å². The molecule has 10 heteroatoms. The second-order valence-electron chi connectivity index (χ2n) is 9.88. The molecular weight excluding hydrogens is 456 g/mol. The number of aryl methyl sites for hydroxylation is 2. The molecule has 1 fully saturated rings. The average molecular weight is 489 g/mol. The number of fused-ring (bicyclic) bond motifs is 1. The minimum Gasteiger partial charge on any atom is -0.474 e. The highest BCUT2D eigenvalue weighted by Crippen LogP contribution is 2.34. The minimum absolute atomic E-state index is 0.238. The van der Waals surface area contributed by atoms with Crippen LogP contribution in [0.1, 0.15) is 25.0 Å². The van der Waals surface area contributed by atoms with Crippen molar-refractivity contribution in [1.29, 1.82) is 0 Å². The number of carbonyl (C=O) groups is 1. The van der Waals surface area contributed by atoms with Crippen molar-refractivity contribution in [2.45, 2.75) is 33.3 Å². The van der Waals surface area contributed by atoms with E-state index in [1.165, 1.54) is 11.3 Å². The molecule has 36 heavy (non-hydrogen) atoms. The molecule has 0 saturated carbocycles. The molecule has 1 saturated heterocycles. The number of anilines is 6. The summed E-state index contributed by atoms with van der Waals surface area (Å²) in [5.41, 5.74) is 3.33. The number of pyridine rings is 1. The molecule has 0 aliphatic carbocycles. The molecule has 1 aromatic carbocycles. The highest BCUT2D eigenvalue weighted by molar-refractivity contribution is 5.99. The van der Waals surface area contributed by atoms with Gasteiger partial charge in [0.15, 0.2) is 17.2 Å². The van der Waals surface area contributed by atoms with Gasteiger partial charge in [0.2, 0.25) is 5.95 Å². The van der Waals surface area contributed by atoms with E-state index < -0.39 is 5.60 Å². The first kappa shape index (κ1) is 23.8. The number of aromatic nitrogens is 3. The second-order valence-corrected chi connectivity index (χ2v) is 9.88. The molecule has 188 valence electrons. The molecule has 1 amide bonds. The monoisotopic (exact) mass is 488 g/mol. The molecule has 2 aliphatic heterocycles. The average Bonchev–Trinajstić information content (AvgIpc) is 2.83. The van der Waals surface area contributed by atoms with Gasteiger partial charge in [-0.3, -0.25) is 4.79 Å². The van der Waals surface area contributed by atoms with E-state index >= 15 is 0 Å². The third-order valence-corrected chi connectivity index (χ3v) is 6.52. The number of ether oxygens (including phenoxy) is 1. The third kappa shape index (κ3) is 4.90. The Bertz CT molecular complexity index is 1300. The van der Waals surface area contributed by atoms with Crippen molar-refractivity contribution in [3.8, 4) is 5.75 Å². The maximum absolute atomic E-state index is 12.2. The van der Waals surface area contributed by atoms with Crippen LogP contribution in [0.25, 0.3) is 0 Å². The molecule has 10 nitrogen and oxygen atoms in total. The lowest BCUT2D eigenvalue weighted by Gasteiger charge is -2.35. The second kappa shape index (κ2) is 9.27. The molecule has 5 rings (SSSR count). The number of rotatable bonds is 5. The quantitative estimate of drug-likeness (QED) is 0.494. The van der Waals surface area contributed by atoms with Crippen molar-refractivity contribution in [3.63, 3.8) is 0 Å². The highest BCUT2D eigenvalue weighted by atomic mass is 16.5. The van der Waals surface area contributed by atoms with Crippen LogP contribution in [0.2, 0.25) is 0 Å². The van der Waals surface area contributed by atoms with Crippen LogP contribution in [0.4, 0.5) is 34.8 Å². The van der Waals surface area contributed by atoms with Crippen molar-refractivity contribution >= 4 is 40.7 Å². The lowest BCUT2D eigenvalue weighted by molar-refractivity contribution is -0.129. The number of hydrogen-bond donors (Lipinski definition) is 3. The van der Waals surface area contributed by atoms with Gasteiger partial charge in [0.1, 0.15) is 11.6 Å². The predicted molar refractivity (Wildman–Crippen MR) is 142 cm³/mol. The molecule has 2 aliphatic rings. The molecule has 0 atom stereocenters. The van der Waals surface area contributed by atoms with Crippen molar-refractivity contribution in [2.24, 2.45) is 0 Å². The summed E-state index contributed by atoms with van der Waals surface area (Å²) in [6.45, 7) is 11.7. The number of nitrogens with zero attached hydrogens (tertiary/aromatic N) is 5. The number of benzene rings is 1. The van der Waals surface area contributed by atoms with E-state index in [0.717, 1.165) is 37.4 Å². The van der Waals surface area contributed by atoms with Crippen molar-refractivity contribution in [2.75, 3.05) is 54.1 Å². The number of likely N-dealkylation sites (N-methyl/N-ethyl adjacent to an activating group) is 1. The third-order valence-electron chi connectivity index (χ3n) is 6.52. The summed E-state index contributed by atoms with van der Waals surface area (Å²) in [4.78, 5) is 30.6. The summed E-state index contributed by atoms with van der Waals surface area (Å²) in [6, 6.07) is 9.92. The fourth-order valence-corrected chi connectivity index (χ4v) is 4.28. The summed E-state index contributed by atoms with van der Waals surface area (Å²) >= 11 is 0. The Morgan fingerprint density at radius 3 is 2.53 bits per heavy atom. The largest absolute Gasteiger partial charge is 0.474 e. The van der Waals surface area contributed by atoms with E-state index in [2.05, 4.69) is 72.9 Å². The zero-order valence-electron chi connectivity index (χ0n) is 21.3. The lowest BCUT2D eigenvalue weighted by atomic mass is 10.1. The predicted octanol–water partition coefficient (Wildman–Crippen LogP) is 3.84. The van der Waals surface area contributed by atoms with Crippen LogP contribution >= 0.6 is 0 Å². The smallest absolute Gasteiger partial charge is 0.269 e. The Labute approximate surface area is 211 Å². The van der Waals surface area contributed by atoms with Crippen LogP contribution in [-0.2, 0) is 4.79 Å². The van der Waals surface area contributed by atoms with Crippen LogP contribution in [0.5, 0.6) is 5.75 Å². The van der Waals surface area contributed by atoms with E-state index in [0.29, 0.717) is 29.2 Å². The van der Waals surface area contributed by atoms with Crippen LogP contribution in [0, 0.1) is 13.8 Å². The lowest BCUT2D eigenvalue weighted by Crippen LogP contribution is -2.46. The Morgan fingerprint density at radius 2 is 1.78 bits per heavy atom. The van der Waals surface area contributed by atoms with Gasteiger partial charge >= 0.3 is 0 Å².